The van der Waals surface area contributed by atoms with Gasteiger partial charge in [-0.2, -0.15) is 0 Å². The van der Waals surface area contributed by atoms with Gasteiger partial charge in [0.15, 0.2) is 10.3 Å². The van der Waals surface area contributed by atoms with E-state index in [1.807, 2.05) is 34.2 Å². The Kier molecular flexibility index (Phi) is 5.54. The molecule has 1 aliphatic rings. The fourth-order valence-electron chi connectivity index (χ4n) is 3.46. The summed E-state index contributed by atoms with van der Waals surface area (Å²) in [6.07, 6.45) is 7.08. The number of carbonyl (C=O) groups is 1. The molecule has 27 heavy (non-hydrogen) atoms. The number of anilines is 1. The molecule has 1 amide bonds. The fraction of sp³-hybridized carbons (Fsp3) is 0.368. The first-order valence-electron chi connectivity index (χ1n) is 9.06. The summed E-state index contributed by atoms with van der Waals surface area (Å²) in [5.41, 5.74) is 0.674. The van der Waals surface area contributed by atoms with E-state index in [4.69, 9.17) is 4.98 Å². The van der Waals surface area contributed by atoms with Crippen LogP contribution < -0.4 is 10.9 Å². The Morgan fingerprint density at radius 1 is 1.26 bits per heavy atom. The van der Waals surface area contributed by atoms with Crippen molar-refractivity contribution < 1.29 is 4.79 Å². The molecule has 0 unspecified atom stereocenters. The largest absolute Gasteiger partial charge is 0.301 e. The molecule has 3 aromatic rings. The molecule has 0 atom stereocenters. The number of thioether (sulfide) groups is 1. The number of nitrogens with zero attached hydrogens (tertiary/aromatic N) is 3. The van der Waals surface area contributed by atoms with Crippen LogP contribution >= 0.6 is 23.1 Å². The van der Waals surface area contributed by atoms with Crippen LogP contribution in [-0.2, 0) is 4.79 Å². The maximum atomic E-state index is 13.2. The molecule has 0 bridgehead atoms. The van der Waals surface area contributed by atoms with Crippen LogP contribution in [0.3, 0.4) is 0 Å². The van der Waals surface area contributed by atoms with E-state index in [1.54, 1.807) is 6.20 Å². The molecule has 1 N–H and O–H groups in total. The number of para-hydroxylation sites is 1. The summed E-state index contributed by atoms with van der Waals surface area (Å²) in [5, 5.41) is 6.43. The Balaban J connectivity index is 1.63. The second-order valence-corrected chi connectivity index (χ2v) is 8.39. The van der Waals surface area contributed by atoms with Gasteiger partial charge in [-0.15, -0.1) is 11.3 Å². The number of carbonyl (C=O) groups excluding carboxylic acids is 1. The zero-order valence-corrected chi connectivity index (χ0v) is 16.4. The Morgan fingerprint density at radius 3 is 2.85 bits per heavy atom. The molecule has 1 aromatic carbocycles. The minimum absolute atomic E-state index is 0.00432. The lowest BCUT2D eigenvalue weighted by atomic mass is 9.95. The van der Waals surface area contributed by atoms with Crippen LogP contribution in [0.15, 0.2) is 45.8 Å². The van der Waals surface area contributed by atoms with Crippen molar-refractivity contribution in [1.82, 2.24) is 14.5 Å². The Morgan fingerprint density at radius 2 is 2.07 bits per heavy atom. The van der Waals surface area contributed by atoms with E-state index in [2.05, 4.69) is 10.3 Å². The highest BCUT2D eigenvalue weighted by Gasteiger charge is 2.22. The molecule has 8 heteroatoms. The molecular weight excluding hydrogens is 380 g/mol. The van der Waals surface area contributed by atoms with Gasteiger partial charge in [-0.3, -0.25) is 14.2 Å². The molecule has 0 spiro atoms. The highest BCUT2D eigenvalue weighted by Crippen LogP contribution is 2.31. The second-order valence-electron chi connectivity index (χ2n) is 6.55. The van der Waals surface area contributed by atoms with Crippen LogP contribution in [0.2, 0.25) is 0 Å². The first-order valence-corrected chi connectivity index (χ1v) is 10.9. The number of nitrogens with one attached hydrogen (secondary N) is 1. The highest BCUT2D eigenvalue weighted by atomic mass is 32.2. The van der Waals surface area contributed by atoms with Gasteiger partial charge in [-0.25, -0.2) is 9.97 Å². The summed E-state index contributed by atoms with van der Waals surface area (Å²) < 4.78 is 1.82. The van der Waals surface area contributed by atoms with Crippen LogP contribution in [0.1, 0.15) is 38.1 Å². The Labute approximate surface area is 165 Å². The lowest BCUT2D eigenvalue weighted by Crippen LogP contribution is -2.29. The number of amides is 1. The van der Waals surface area contributed by atoms with Crippen molar-refractivity contribution in [3.63, 3.8) is 0 Å². The van der Waals surface area contributed by atoms with E-state index in [0.717, 1.165) is 25.7 Å². The number of thiazole rings is 1. The normalized spacial score (nSPS) is 15.1. The molecule has 2 aromatic heterocycles. The van der Waals surface area contributed by atoms with Gasteiger partial charge in [-0.1, -0.05) is 43.2 Å². The van der Waals surface area contributed by atoms with E-state index >= 15 is 0 Å². The SMILES string of the molecule is O=C(CSc1nc2ccccc2c(=O)n1C1CCCCC1)Nc1nccs1. The van der Waals surface area contributed by atoms with Crippen molar-refractivity contribution in [3.05, 3.63) is 46.2 Å². The predicted octanol–water partition coefficient (Wildman–Crippen LogP) is 4.09. The quantitative estimate of drug-likeness (QED) is 0.516. The third-order valence-electron chi connectivity index (χ3n) is 4.73. The summed E-state index contributed by atoms with van der Waals surface area (Å²) >= 11 is 2.70. The van der Waals surface area contributed by atoms with Gasteiger partial charge in [-0.05, 0) is 25.0 Å². The Hall–Kier alpha value is -2.19. The van der Waals surface area contributed by atoms with Crippen LogP contribution in [0.25, 0.3) is 10.9 Å². The molecule has 140 valence electrons. The Bertz CT molecular complexity index is 995. The van der Waals surface area contributed by atoms with Crippen molar-refractivity contribution in [2.45, 2.75) is 43.3 Å². The number of hydrogen-bond acceptors (Lipinski definition) is 6. The van der Waals surface area contributed by atoms with Gasteiger partial charge < -0.3 is 5.32 Å². The minimum atomic E-state index is -0.146. The summed E-state index contributed by atoms with van der Waals surface area (Å²) in [7, 11) is 0. The van der Waals surface area contributed by atoms with Crippen molar-refractivity contribution >= 4 is 45.0 Å². The third kappa shape index (κ3) is 4.06. The third-order valence-corrected chi connectivity index (χ3v) is 6.37. The van der Waals surface area contributed by atoms with Gasteiger partial charge in [0, 0.05) is 17.6 Å². The number of fused-ring (bicyclic) bond motifs is 1. The van der Waals surface area contributed by atoms with E-state index in [9.17, 15) is 9.59 Å². The maximum absolute atomic E-state index is 13.2. The van der Waals surface area contributed by atoms with Gasteiger partial charge in [0.1, 0.15) is 0 Å². The smallest absolute Gasteiger partial charge is 0.262 e. The number of rotatable bonds is 5. The molecule has 1 fully saturated rings. The number of aromatic nitrogens is 3. The minimum Gasteiger partial charge on any atom is -0.301 e. The van der Waals surface area contributed by atoms with E-state index < -0.39 is 0 Å². The molecule has 2 heterocycles. The van der Waals surface area contributed by atoms with Crippen LogP contribution in [0.4, 0.5) is 5.13 Å². The molecule has 0 aliphatic heterocycles. The summed E-state index contributed by atoms with van der Waals surface area (Å²) in [6, 6.07) is 7.58. The molecule has 0 radical (unpaired) electrons. The highest BCUT2D eigenvalue weighted by molar-refractivity contribution is 7.99. The maximum Gasteiger partial charge on any atom is 0.262 e. The average Bonchev–Trinajstić information content (AvgIpc) is 3.20. The van der Waals surface area contributed by atoms with Crippen LogP contribution in [0.5, 0.6) is 0 Å². The van der Waals surface area contributed by atoms with E-state index in [1.165, 1.54) is 29.5 Å². The average molecular weight is 401 g/mol. The van der Waals surface area contributed by atoms with Crippen molar-refractivity contribution in [3.8, 4) is 0 Å². The van der Waals surface area contributed by atoms with Gasteiger partial charge in [0.2, 0.25) is 5.91 Å². The fourth-order valence-corrected chi connectivity index (χ4v) is 4.87. The molecule has 4 rings (SSSR count). The summed E-state index contributed by atoms with van der Waals surface area (Å²) in [6.45, 7) is 0. The zero-order chi connectivity index (χ0) is 18.6. The molecule has 6 nitrogen and oxygen atoms in total. The van der Waals surface area contributed by atoms with Gasteiger partial charge >= 0.3 is 0 Å². The summed E-state index contributed by atoms with van der Waals surface area (Å²) in [4.78, 5) is 34.2. The number of hydrogen-bond donors (Lipinski definition) is 1. The standard InChI is InChI=1S/C19H20N4O2S2/c24-16(22-18-20-10-11-26-18)12-27-19-21-15-9-5-4-8-14(15)17(25)23(19)13-6-2-1-3-7-13/h4-5,8-11,13H,1-3,6-7,12H2,(H,20,22,24). The molecule has 1 aliphatic carbocycles. The lowest BCUT2D eigenvalue weighted by Gasteiger charge is -2.26. The van der Waals surface area contributed by atoms with Crippen LogP contribution in [-0.4, -0.2) is 26.2 Å². The summed E-state index contributed by atoms with van der Waals surface area (Å²) in [5.74, 6) is 0.0458. The second kappa shape index (κ2) is 8.22. The van der Waals surface area contributed by atoms with E-state index in [0.29, 0.717) is 21.2 Å². The first-order chi connectivity index (χ1) is 13.2. The predicted molar refractivity (Wildman–Crippen MR) is 110 cm³/mol. The molecule has 1 saturated carbocycles. The van der Waals surface area contributed by atoms with Crippen molar-refractivity contribution in [2.75, 3.05) is 11.1 Å². The first kappa shape index (κ1) is 18.2. The van der Waals surface area contributed by atoms with Gasteiger partial charge in [0.05, 0.1) is 16.7 Å². The van der Waals surface area contributed by atoms with E-state index in [-0.39, 0.29) is 23.3 Å². The number of benzene rings is 1. The van der Waals surface area contributed by atoms with Gasteiger partial charge in [0.25, 0.3) is 5.56 Å². The zero-order valence-electron chi connectivity index (χ0n) is 14.8. The van der Waals surface area contributed by atoms with Crippen molar-refractivity contribution in [2.24, 2.45) is 0 Å². The van der Waals surface area contributed by atoms with Crippen molar-refractivity contribution in [1.29, 1.82) is 0 Å². The monoisotopic (exact) mass is 400 g/mol. The van der Waals surface area contributed by atoms with Crippen LogP contribution in [0, 0.1) is 0 Å². The molecule has 0 saturated heterocycles. The topological polar surface area (TPSA) is 76.9 Å². The lowest BCUT2D eigenvalue weighted by molar-refractivity contribution is -0.113. The molecular formula is C19H20N4O2S2.